The van der Waals surface area contributed by atoms with Crippen LogP contribution in [0.3, 0.4) is 0 Å². The van der Waals surface area contributed by atoms with Gasteiger partial charge in [-0.1, -0.05) is 0 Å². The highest BCUT2D eigenvalue weighted by atomic mass is 32.2. The van der Waals surface area contributed by atoms with E-state index in [4.69, 9.17) is 5.73 Å². The van der Waals surface area contributed by atoms with Crippen LogP contribution in [0.5, 0.6) is 0 Å². The minimum Gasteiger partial charge on any atom is -0.370 e. The van der Waals surface area contributed by atoms with Crippen LogP contribution >= 0.6 is 0 Å². The third kappa shape index (κ3) is 3.33. The van der Waals surface area contributed by atoms with Crippen molar-refractivity contribution in [1.82, 2.24) is 20.0 Å². The molecule has 1 fully saturated rings. The van der Waals surface area contributed by atoms with Crippen molar-refractivity contribution in [3.8, 4) is 0 Å². The molecule has 2 atom stereocenters. The van der Waals surface area contributed by atoms with E-state index in [0.717, 1.165) is 11.3 Å². The van der Waals surface area contributed by atoms with Gasteiger partial charge in [0, 0.05) is 34.9 Å². The van der Waals surface area contributed by atoms with Gasteiger partial charge in [-0.25, -0.2) is 8.42 Å². The number of aryl methyl sites for hydroxylation is 2. The summed E-state index contributed by atoms with van der Waals surface area (Å²) in [6.07, 6.45) is 0.436. The van der Waals surface area contributed by atoms with Gasteiger partial charge in [0.2, 0.25) is 5.91 Å². The van der Waals surface area contributed by atoms with Gasteiger partial charge in [-0.3, -0.25) is 19.4 Å². The number of aromatic amines is 2. The standard InChI is InChI=1S/C17H25N5O4S/c1-9-15(16(24)20-19-9)12(7-13(18)23)14-10(2)21-22(11(14)3)17(4)5-6-27(25,26)8-17/h12H,5-8H2,1-4H3,(H2,18,23)(H2,19,20,24)/t12-,17-/m1/s1. The molecule has 0 spiro atoms. The zero-order chi connectivity index (χ0) is 20.1. The Morgan fingerprint density at radius 1 is 1.30 bits per heavy atom. The summed E-state index contributed by atoms with van der Waals surface area (Å²) in [6.45, 7) is 7.27. The molecular weight excluding hydrogens is 370 g/mol. The Balaban J connectivity index is 2.17. The number of hydrogen-bond acceptors (Lipinski definition) is 5. The Kier molecular flexibility index (Phi) is 4.57. The molecule has 0 saturated carbocycles. The highest BCUT2D eigenvalue weighted by Crippen LogP contribution is 2.37. The van der Waals surface area contributed by atoms with Crippen LogP contribution in [0.1, 0.15) is 53.9 Å². The van der Waals surface area contributed by atoms with Crippen LogP contribution in [0, 0.1) is 20.8 Å². The van der Waals surface area contributed by atoms with Crippen LogP contribution < -0.4 is 11.3 Å². The molecule has 1 amide bonds. The predicted molar refractivity (Wildman–Crippen MR) is 100 cm³/mol. The molecule has 0 unspecified atom stereocenters. The van der Waals surface area contributed by atoms with E-state index in [0.29, 0.717) is 23.4 Å². The molecule has 4 N–H and O–H groups in total. The molecule has 1 saturated heterocycles. The van der Waals surface area contributed by atoms with Crippen molar-refractivity contribution in [2.24, 2.45) is 5.73 Å². The van der Waals surface area contributed by atoms with Gasteiger partial charge in [0.25, 0.3) is 5.56 Å². The fraction of sp³-hybridized carbons (Fsp3) is 0.588. The lowest BCUT2D eigenvalue weighted by molar-refractivity contribution is -0.118. The van der Waals surface area contributed by atoms with Gasteiger partial charge in [0.05, 0.1) is 22.7 Å². The molecule has 2 aromatic heterocycles. The highest BCUT2D eigenvalue weighted by Gasteiger charge is 2.42. The summed E-state index contributed by atoms with van der Waals surface area (Å²) < 4.78 is 25.8. The molecule has 0 radical (unpaired) electrons. The average Bonchev–Trinajstić information content (AvgIpc) is 3.13. The van der Waals surface area contributed by atoms with Crippen molar-refractivity contribution in [2.45, 2.75) is 52.0 Å². The smallest absolute Gasteiger partial charge is 0.267 e. The van der Waals surface area contributed by atoms with Crippen LogP contribution in [0.2, 0.25) is 0 Å². The number of sulfone groups is 1. The molecule has 9 nitrogen and oxygen atoms in total. The summed E-state index contributed by atoms with van der Waals surface area (Å²) in [5.41, 5.74) is 7.73. The Labute approximate surface area is 157 Å². The number of hydrogen-bond donors (Lipinski definition) is 3. The van der Waals surface area contributed by atoms with Crippen molar-refractivity contribution in [1.29, 1.82) is 0 Å². The topological polar surface area (TPSA) is 144 Å². The lowest BCUT2D eigenvalue weighted by Gasteiger charge is -2.25. The first kappa shape index (κ1) is 19.4. The van der Waals surface area contributed by atoms with E-state index in [9.17, 15) is 18.0 Å². The van der Waals surface area contributed by atoms with Crippen molar-refractivity contribution < 1.29 is 13.2 Å². The van der Waals surface area contributed by atoms with Gasteiger partial charge in [-0.2, -0.15) is 5.10 Å². The quantitative estimate of drug-likeness (QED) is 0.670. The number of nitrogens with zero attached hydrogens (tertiary/aromatic N) is 2. The highest BCUT2D eigenvalue weighted by molar-refractivity contribution is 7.91. The Morgan fingerprint density at radius 2 is 1.96 bits per heavy atom. The summed E-state index contributed by atoms with van der Waals surface area (Å²) in [6, 6.07) is 0. The molecule has 148 valence electrons. The summed E-state index contributed by atoms with van der Waals surface area (Å²) in [5.74, 6) is -0.932. The fourth-order valence-electron chi connectivity index (χ4n) is 4.27. The molecule has 27 heavy (non-hydrogen) atoms. The second-order valence-corrected chi connectivity index (χ2v) is 9.86. The van der Waals surface area contributed by atoms with E-state index in [2.05, 4.69) is 15.3 Å². The first-order valence-electron chi connectivity index (χ1n) is 8.77. The van der Waals surface area contributed by atoms with Gasteiger partial charge < -0.3 is 10.8 Å². The maximum atomic E-state index is 12.3. The van der Waals surface area contributed by atoms with E-state index in [-0.39, 0.29) is 23.5 Å². The number of nitrogens with two attached hydrogens (primary N) is 1. The summed E-state index contributed by atoms with van der Waals surface area (Å²) in [5, 5.41) is 9.93. The Hall–Kier alpha value is -2.36. The molecule has 3 rings (SSSR count). The SMILES string of the molecule is Cc1nn([C@]2(C)CCS(=O)(=O)C2)c(C)c1[C@@H](CC(N)=O)c1c(C)[nH][nH]c1=O. The van der Waals surface area contributed by atoms with E-state index < -0.39 is 27.2 Å². The predicted octanol–water partition coefficient (Wildman–Crippen LogP) is 0.366. The van der Waals surface area contributed by atoms with Crippen molar-refractivity contribution in [3.05, 3.63) is 38.6 Å². The number of rotatable bonds is 5. The van der Waals surface area contributed by atoms with Crippen LogP contribution in [0.4, 0.5) is 0 Å². The van der Waals surface area contributed by atoms with E-state index >= 15 is 0 Å². The second-order valence-electron chi connectivity index (χ2n) is 7.68. The normalized spacial score (nSPS) is 22.8. The molecule has 10 heteroatoms. The van der Waals surface area contributed by atoms with Crippen LogP contribution in [0.15, 0.2) is 4.79 Å². The minimum atomic E-state index is -3.11. The zero-order valence-electron chi connectivity index (χ0n) is 15.9. The largest absolute Gasteiger partial charge is 0.370 e. The zero-order valence-corrected chi connectivity index (χ0v) is 16.7. The second kappa shape index (κ2) is 6.36. The van der Waals surface area contributed by atoms with Gasteiger partial charge in [0.15, 0.2) is 9.84 Å². The maximum absolute atomic E-state index is 12.3. The van der Waals surface area contributed by atoms with E-state index in [1.165, 1.54) is 0 Å². The lowest BCUT2D eigenvalue weighted by Crippen LogP contribution is -2.33. The molecular formula is C17H25N5O4S. The maximum Gasteiger partial charge on any atom is 0.267 e. The molecule has 0 aromatic carbocycles. The minimum absolute atomic E-state index is 0.0195. The number of primary amides is 1. The first-order chi connectivity index (χ1) is 12.4. The number of H-pyrrole nitrogens is 2. The Bertz CT molecular complexity index is 1060. The molecule has 1 aliphatic heterocycles. The molecule has 0 bridgehead atoms. The van der Waals surface area contributed by atoms with Crippen LogP contribution in [0.25, 0.3) is 0 Å². The third-order valence-electron chi connectivity index (χ3n) is 5.46. The van der Waals surface area contributed by atoms with Crippen molar-refractivity contribution in [2.75, 3.05) is 11.5 Å². The van der Waals surface area contributed by atoms with Crippen LogP contribution in [-0.2, 0) is 20.2 Å². The van der Waals surface area contributed by atoms with E-state index in [1.807, 2.05) is 13.8 Å². The Morgan fingerprint density at radius 3 is 2.44 bits per heavy atom. The molecule has 1 aliphatic rings. The molecule has 3 heterocycles. The summed E-state index contributed by atoms with van der Waals surface area (Å²) in [4.78, 5) is 24.1. The number of carbonyl (C=O) groups excluding carboxylic acids is 1. The van der Waals surface area contributed by atoms with Crippen molar-refractivity contribution >= 4 is 15.7 Å². The number of nitrogens with one attached hydrogen (secondary N) is 2. The average molecular weight is 395 g/mol. The van der Waals surface area contributed by atoms with Gasteiger partial charge in [0.1, 0.15) is 0 Å². The fourth-order valence-corrected chi connectivity index (χ4v) is 6.38. The van der Waals surface area contributed by atoms with Crippen molar-refractivity contribution in [3.63, 3.8) is 0 Å². The van der Waals surface area contributed by atoms with Gasteiger partial charge >= 0.3 is 0 Å². The molecule has 2 aromatic rings. The summed E-state index contributed by atoms with van der Waals surface area (Å²) >= 11 is 0. The lowest BCUT2D eigenvalue weighted by atomic mass is 9.87. The summed E-state index contributed by atoms with van der Waals surface area (Å²) in [7, 11) is -3.11. The number of aromatic nitrogens is 4. The van der Waals surface area contributed by atoms with Gasteiger partial charge in [-0.15, -0.1) is 0 Å². The van der Waals surface area contributed by atoms with Crippen LogP contribution in [-0.4, -0.2) is 45.8 Å². The number of amides is 1. The number of carbonyl (C=O) groups is 1. The third-order valence-corrected chi connectivity index (χ3v) is 7.34. The van der Waals surface area contributed by atoms with Gasteiger partial charge in [-0.05, 0) is 34.1 Å². The monoisotopic (exact) mass is 395 g/mol. The molecule has 0 aliphatic carbocycles. The van der Waals surface area contributed by atoms with E-state index in [1.54, 1.807) is 18.5 Å². The first-order valence-corrected chi connectivity index (χ1v) is 10.6.